The van der Waals surface area contributed by atoms with Crippen molar-refractivity contribution in [1.82, 2.24) is 5.32 Å². The molecule has 1 atom stereocenters. The first kappa shape index (κ1) is 16.5. The zero-order chi connectivity index (χ0) is 14.5. The van der Waals surface area contributed by atoms with Gasteiger partial charge in [-0.05, 0) is 37.9 Å². The van der Waals surface area contributed by atoms with Crippen molar-refractivity contribution in [2.24, 2.45) is 0 Å². The lowest BCUT2D eigenvalue weighted by molar-refractivity contribution is 0.535. The minimum absolute atomic E-state index is 0.0967. The molecule has 0 radical (unpaired) electrons. The number of hydrogen-bond acceptors (Lipinski definition) is 3. The van der Waals surface area contributed by atoms with Crippen LogP contribution in [-0.2, 0) is 9.84 Å². The van der Waals surface area contributed by atoms with Gasteiger partial charge in [-0.3, -0.25) is 0 Å². The van der Waals surface area contributed by atoms with E-state index in [4.69, 9.17) is 11.6 Å². The second kappa shape index (κ2) is 7.27. The summed E-state index contributed by atoms with van der Waals surface area (Å²) in [7, 11) is -1.01. The molecule has 1 rings (SSSR count). The van der Waals surface area contributed by atoms with Gasteiger partial charge in [0.05, 0.1) is 5.75 Å². The summed E-state index contributed by atoms with van der Waals surface area (Å²) in [5.74, 6) is 0.452. The summed E-state index contributed by atoms with van der Waals surface area (Å²) in [5.41, 5.74) is 2.08. The molecule has 1 aromatic rings. The Morgan fingerprint density at radius 3 is 2.63 bits per heavy atom. The van der Waals surface area contributed by atoms with Crippen LogP contribution in [0, 0.1) is 6.92 Å². The molecule has 0 aliphatic carbocycles. The third-order valence-corrected chi connectivity index (χ3v) is 5.64. The Morgan fingerprint density at radius 2 is 2.05 bits per heavy atom. The Labute approximate surface area is 121 Å². The summed E-state index contributed by atoms with van der Waals surface area (Å²) in [6.07, 6.45) is 1.41. The normalized spacial score (nSPS) is 13.5. The molecule has 0 fully saturated rings. The van der Waals surface area contributed by atoms with E-state index in [1.54, 1.807) is 6.92 Å². The highest BCUT2D eigenvalue weighted by Crippen LogP contribution is 2.28. The van der Waals surface area contributed by atoms with Gasteiger partial charge in [0.1, 0.15) is 9.84 Å². The molecule has 3 nitrogen and oxygen atoms in total. The predicted molar refractivity (Wildman–Crippen MR) is 81.6 cm³/mol. The smallest absolute Gasteiger partial charge is 0.150 e. The van der Waals surface area contributed by atoms with Crippen molar-refractivity contribution in [3.05, 3.63) is 34.3 Å². The summed E-state index contributed by atoms with van der Waals surface area (Å²) < 4.78 is 23.0. The number of aryl methyl sites for hydroxylation is 1. The Morgan fingerprint density at radius 1 is 1.37 bits per heavy atom. The van der Waals surface area contributed by atoms with Crippen LogP contribution >= 0.6 is 11.6 Å². The molecule has 1 aromatic carbocycles. The molecule has 1 N–H and O–H groups in total. The van der Waals surface area contributed by atoms with Crippen LogP contribution in [0.4, 0.5) is 0 Å². The zero-order valence-electron chi connectivity index (χ0n) is 11.7. The molecular weight excluding hydrogens is 282 g/mol. The molecule has 0 heterocycles. The lowest BCUT2D eigenvalue weighted by Crippen LogP contribution is -2.19. The lowest BCUT2D eigenvalue weighted by atomic mass is 10.0. The molecule has 19 heavy (non-hydrogen) atoms. The largest absolute Gasteiger partial charge is 0.313 e. The second-order valence-corrected chi connectivity index (χ2v) is 7.55. The maximum atomic E-state index is 11.5. The molecule has 0 aliphatic rings. The second-order valence-electron chi connectivity index (χ2n) is 4.70. The topological polar surface area (TPSA) is 46.2 Å². The van der Waals surface area contributed by atoms with Gasteiger partial charge in [-0.2, -0.15) is 0 Å². The maximum Gasteiger partial charge on any atom is 0.150 e. The van der Waals surface area contributed by atoms with Gasteiger partial charge < -0.3 is 5.32 Å². The van der Waals surface area contributed by atoms with Crippen molar-refractivity contribution in [3.63, 3.8) is 0 Å². The summed E-state index contributed by atoms with van der Waals surface area (Å²) in [6.45, 7) is 3.66. The molecule has 0 saturated carbocycles. The fraction of sp³-hybridized carbons (Fsp3) is 0.571. The molecule has 0 saturated heterocycles. The van der Waals surface area contributed by atoms with Gasteiger partial charge >= 0.3 is 0 Å². The first-order valence-electron chi connectivity index (χ1n) is 6.54. The third-order valence-electron chi connectivity index (χ3n) is 3.33. The highest BCUT2D eigenvalue weighted by molar-refractivity contribution is 7.91. The number of halogens is 1. The molecule has 0 aliphatic heterocycles. The van der Waals surface area contributed by atoms with Gasteiger partial charge in [0, 0.05) is 16.8 Å². The van der Waals surface area contributed by atoms with E-state index >= 15 is 0 Å². The average Bonchev–Trinajstić information content (AvgIpc) is 2.38. The van der Waals surface area contributed by atoms with E-state index in [-0.39, 0.29) is 17.5 Å². The van der Waals surface area contributed by atoms with Crippen LogP contribution in [0.3, 0.4) is 0 Å². The van der Waals surface area contributed by atoms with Crippen LogP contribution in [0.5, 0.6) is 0 Å². The van der Waals surface area contributed by atoms with Crippen LogP contribution in [-0.4, -0.2) is 27.0 Å². The minimum atomic E-state index is -2.88. The quantitative estimate of drug-likeness (QED) is 0.842. The third kappa shape index (κ3) is 4.79. The molecular formula is C14H22ClNO2S. The van der Waals surface area contributed by atoms with Crippen LogP contribution in [0.25, 0.3) is 0 Å². The van der Waals surface area contributed by atoms with Crippen LogP contribution in [0.2, 0.25) is 5.02 Å². The fourth-order valence-corrected chi connectivity index (χ4v) is 3.20. The molecule has 0 spiro atoms. The van der Waals surface area contributed by atoms with Gasteiger partial charge in [-0.25, -0.2) is 8.42 Å². The van der Waals surface area contributed by atoms with Crippen molar-refractivity contribution >= 4 is 21.4 Å². The lowest BCUT2D eigenvalue weighted by Gasteiger charge is -2.19. The highest BCUT2D eigenvalue weighted by Gasteiger charge is 2.15. The molecule has 1 unspecified atom stereocenters. The Hall–Kier alpha value is -0.580. The first-order valence-corrected chi connectivity index (χ1v) is 8.74. The van der Waals surface area contributed by atoms with Gasteiger partial charge in [0.25, 0.3) is 0 Å². The number of sulfone groups is 1. The Bertz CT molecular complexity index is 514. The standard InChI is InChI=1S/C14H22ClNO2S/c1-4-19(17,18)10-6-9-13(16-3)12-8-5-7-11(2)14(12)15/h5,7-8,13,16H,4,6,9-10H2,1-3H3. The maximum absolute atomic E-state index is 11.5. The Balaban J connectivity index is 2.71. The number of rotatable bonds is 7. The van der Waals surface area contributed by atoms with E-state index in [1.807, 2.05) is 32.2 Å². The van der Waals surface area contributed by atoms with Gasteiger partial charge in [0.15, 0.2) is 0 Å². The molecule has 0 bridgehead atoms. The van der Waals surface area contributed by atoms with E-state index in [0.29, 0.717) is 6.42 Å². The van der Waals surface area contributed by atoms with E-state index in [2.05, 4.69) is 5.32 Å². The van der Waals surface area contributed by atoms with Crippen molar-refractivity contribution in [3.8, 4) is 0 Å². The fourth-order valence-electron chi connectivity index (χ4n) is 2.05. The zero-order valence-corrected chi connectivity index (χ0v) is 13.3. The van der Waals surface area contributed by atoms with Gasteiger partial charge in [-0.15, -0.1) is 0 Å². The summed E-state index contributed by atoms with van der Waals surface area (Å²) in [4.78, 5) is 0. The van der Waals surface area contributed by atoms with Crippen molar-refractivity contribution < 1.29 is 8.42 Å². The summed E-state index contributed by atoms with van der Waals surface area (Å²) in [6, 6.07) is 6.04. The SMILES string of the molecule is CCS(=O)(=O)CCCC(NC)c1cccc(C)c1Cl. The van der Waals surface area contributed by atoms with Gasteiger partial charge in [-0.1, -0.05) is 36.7 Å². The average molecular weight is 304 g/mol. The van der Waals surface area contributed by atoms with Crippen molar-refractivity contribution in [1.29, 1.82) is 0 Å². The van der Waals surface area contributed by atoms with E-state index in [1.165, 1.54) is 0 Å². The van der Waals surface area contributed by atoms with Crippen LogP contribution in [0.15, 0.2) is 18.2 Å². The summed E-state index contributed by atoms with van der Waals surface area (Å²) in [5, 5.41) is 3.98. The Kier molecular flexibility index (Phi) is 6.30. The first-order chi connectivity index (χ1) is 8.91. The molecule has 0 aromatic heterocycles. The van der Waals surface area contributed by atoms with E-state index < -0.39 is 9.84 Å². The monoisotopic (exact) mass is 303 g/mol. The highest BCUT2D eigenvalue weighted by atomic mass is 35.5. The molecule has 108 valence electrons. The number of benzene rings is 1. The van der Waals surface area contributed by atoms with E-state index in [0.717, 1.165) is 22.6 Å². The van der Waals surface area contributed by atoms with Crippen LogP contribution in [0.1, 0.15) is 36.9 Å². The molecule has 5 heteroatoms. The number of nitrogens with one attached hydrogen (secondary N) is 1. The minimum Gasteiger partial charge on any atom is -0.313 e. The van der Waals surface area contributed by atoms with Crippen molar-refractivity contribution in [2.45, 2.75) is 32.7 Å². The van der Waals surface area contributed by atoms with E-state index in [9.17, 15) is 8.42 Å². The van der Waals surface area contributed by atoms with Crippen LogP contribution < -0.4 is 5.32 Å². The summed E-state index contributed by atoms with van der Waals surface area (Å²) >= 11 is 6.30. The molecule has 0 amide bonds. The predicted octanol–water partition coefficient (Wildman–Crippen LogP) is 3.12. The number of hydrogen-bond donors (Lipinski definition) is 1. The van der Waals surface area contributed by atoms with Gasteiger partial charge in [0.2, 0.25) is 0 Å². The van der Waals surface area contributed by atoms with Crippen molar-refractivity contribution in [2.75, 3.05) is 18.6 Å².